The standard InChI is InChI=1S/C13H10BrClN2O2/c14-8-2-1-3-9(6-8)17-12(15)10(13(18)19)11(16-17)7-4-5-7/h1-3,6-7H,4-5H2,(H,18,19). The smallest absolute Gasteiger partial charge is 0.340 e. The molecule has 0 spiro atoms. The highest BCUT2D eigenvalue weighted by Gasteiger charge is 2.34. The molecule has 6 heteroatoms. The maximum Gasteiger partial charge on any atom is 0.340 e. The number of carboxylic acid groups (broad SMARTS) is 1. The summed E-state index contributed by atoms with van der Waals surface area (Å²) in [4.78, 5) is 11.3. The molecule has 1 N–H and O–H groups in total. The summed E-state index contributed by atoms with van der Waals surface area (Å²) in [6.45, 7) is 0. The molecule has 98 valence electrons. The van der Waals surface area contributed by atoms with E-state index in [1.807, 2.05) is 24.3 Å². The normalized spacial score (nSPS) is 14.6. The first kappa shape index (κ1) is 12.7. The molecule has 1 aromatic carbocycles. The van der Waals surface area contributed by atoms with Gasteiger partial charge in [0, 0.05) is 10.4 Å². The van der Waals surface area contributed by atoms with Gasteiger partial charge in [-0.05, 0) is 31.0 Å². The van der Waals surface area contributed by atoms with Crippen LogP contribution in [0.25, 0.3) is 5.69 Å². The molecule has 0 amide bonds. The lowest BCUT2D eigenvalue weighted by molar-refractivity contribution is 0.0696. The van der Waals surface area contributed by atoms with E-state index in [0.717, 1.165) is 23.0 Å². The first-order valence-corrected chi connectivity index (χ1v) is 7.02. The summed E-state index contributed by atoms with van der Waals surface area (Å²) in [6.07, 6.45) is 1.96. The molecule has 0 radical (unpaired) electrons. The van der Waals surface area contributed by atoms with Gasteiger partial charge < -0.3 is 5.11 Å². The Hall–Kier alpha value is -1.33. The van der Waals surface area contributed by atoms with Crippen LogP contribution in [0.2, 0.25) is 5.15 Å². The van der Waals surface area contributed by atoms with Crippen LogP contribution in [0.15, 0.2) is 28.7 Å². The minimum absolute atomic E-state index is 0.129. The van der Waals surface area contributed by atoms with Crippen molar-refractivity contribution in [3.63, 3.8) is 0 Å². The molecule has 0 atom stereocenters. The van der Waals surface area contributed by atoms with Crippen LogP contribution in [-0.4, -0.2) is 20.9 Å². The number of halogens is 2. The third-order valence-corrected chi connectivity index (χ3v) is 3.93. The van der Waals surface area contributed by atoms with Gasteiger partial charge in [-0.15, -0.1) is 0 Å². The van der Waals surface area contributed by atoms with Crippen LogP contribution in [0, 0.1) is 0 Å². The second kappa shape index (κ2) is 4.65. The maximum absolute atomic E-state index is 11.3. The van der Waals surface area contributed by atoms with Crippen molar-refractivity contribution in [2.75, 3.05) is 0 Å². The van der Waals surface area contributed by atoms with E-state index in [-0.39, 0.29) is 16.6 Å². The molecule has 1 aliphatic carbocycles. The number of hydrogen-bond acceptors (Lipinski definition) is 2. The van der Waals surface area contributed by atoms with E-state index in [0.29, 0.717) is 5.69 Å². The molecular weight excluding hydrogens is 332 g/mol. The number of nitrogens with zero attached hydrogens (tertiary/aromatic N) is 2. The van der Waals surface area contributed by atoms with Gasteiger partial charge in [-0.2, -0.15) is 5.10 Å². The largest absolute Gasteiger partial charge is 0.478 e. The molecule has 1 aromatic heterocycles. The summed E-state index contributed by atoms with van der Waals surface area (Å²) in [5.74, 6) is -0.787. The van der Waals surface area contributed by atoms with Crippen molar-refractivity contribution in [3.05, 3.63) is 45.1 Å². The first-order chi connectivity index (χ1) is 9.08. The minimum atomic E-state index is -1.02. The number of carbonyl (C=O) groups is 1. The molecule has 0 saturated heterocycles. The Bertz CT molecular complexity index is 665. The zero-order valence-corrected chi connectivity index (χ0v) is 12.1. The molecule has 19 heavy (non-hydrogen) atoms. The fourth-order valence-electron chi connectivity index (χ4n) is 2.03. The second-order valence-corrected chi connectivity index (χ2v) is 5.80. The fourth-order valence-corrected chi connectivity index (χ4v) is 2.73. The maximum atomic E-state index is 11.3. The van der Waals surface area contributed by atoms with Crippen molar-refractivity contribution in [1.29, 1.82) is 0 Å². The van der Waals surface area contributed by atoms with Crippen molar-refractivity contribution in [2.45, 2.75) is 18.8 Å². The number of hydrogen-bond donors (Lipinski definition) is 1. The first-order valence-electron chi connectivity index (χ1n) is 5.85. The molecule has 2 aromatic rings. The Morgan fingerprint density at radius 3 is 2.79 bits per heavy atom. The van der Waals surface area contributed by atoms with E-state index < -0.39 is 5.97 Å². The van der Waals surface area contributed by atoms with E-state index in [9.17, 15) is 9.90 Å². The van der Waals surface area contributed by atoms with Gasteiger partial charge in [0.2, 0.25) is 0 Å². The number of benzene rings is 1. The number of aromatic carboxylic acids is 1. The molecule has 1 fully saturated rings. The zero-order valence-electron chi connectivity index (χ0n) is 9.81. The summed E-state index contributed by atoms with van der Waals surface area (Å²) < 4.78 is 2.38. The highest BCUT2D eigenvalue weighted by atomic mass is 79.9. The van der Waals surface area contributed by atoms with Crippen LogP contribution in [0.4, 0.5) is 0 Å². The minimum Gasteiger partial charge on any atom is -0.478 e. The Morgan fingerprint density at radius 1 is 1.47 bits per heavy atom. The molecular formula is C13H10BrClN2O2. The monoisotopic (exact) mass is 340 g/mol. The molecule has 1 aliphatic rings. The Balaban J connectivity index is 2.17. The van der Waals surface area contributed by atoms with Crippen LogP contribution < -0.4 is 0 Å². The summed E-state index contributed by atoms with van der Waals surface area (Å²) in [5.41, 5.74) is 1.47. The van der Waals surface area contributed by atoms with Gasteiger partial charge in [0.15, 0.2) is 0 Å². The second-order valence-electron chi connectivity index (χ2n) is 4.52. The van der Waals surface area contributed by atoms with Crippen molar-refractivity contribution in [1.82, 2.24) is 9.78 Å². The lowest BCUT2D eigenvalue weighted by atomic mass is 10.2. The van der Waals surface area contributed by atoms with Crippen LogP contribution >= 0.6 is 27.5 Å². The highest BCUT2D eigenvalue weighted by Crippen LogP contribution is 2.43. The third-order valence-electron chi connectivity index (χ3n) is 3.09. The van der Waals surface area contributed by atoms with E-state index in [1.54, 1.807) is 0 Å². The van der Waals surface area contributed by atoms with Crippen LogP contribution in [0.5, 0.6) is 0 Å². The summed E-state index contributed by atoms with van der Waals surface area (Å²) in [5, 5.41) is 13.8. The molecule has 1 heterocycles. The van der Waals surface area contributed by atoms with Gasteiger partial charge in [0.25, 0.3) is 0 Å². The predicted octanol–water partition coefficient (Wildman–Crippen LogP) is 3.86. The fraction of sp³-hybridized carbons (Fsp3) is 0.231. The van der Waals surface area contributed by atoms with Crippen LogP contribution in [0.1, 0.15) is 34.8 Å². The predicted molar refractivity (Wildman–Crippen MR) is 75.2 cm³/mol. The third kappa shape index (κ3) is 2.28. The number of rotatable bonds is 3. The zero-order chi connectivity index (χ0) is 13.6. The van der Waals surface area contributed by atoms with E-state index >= 15 is 0 Å². The van der Waals surface area contributed by atoms with Crippen LogP contribution in [-0.2, 0) is 0 Å². The summed E-state index contributed by atoms with van der Waals surface area (Å²) >= 11 is 9.57. The van der Waals surface area contributed by atoms with Crippen molar-refractivity contribution in [2.24, 2.45) is 0 Å². The Kier molecular flexibility index (Phi) is 3.11. The van der Waals surface area contributed by atoms with Gasteiger partial charge in [0.05, 0.1) is 11.4 Å². The molecule has 4 nitrogen and oxygen atoms in total. The van der Waals surface area contributed by atoms with Crippen molar-refractivity contribution < 1.29 is 9.90 Å². The average Bonchev–Trinajstić information content (AvgIpc) is 3.13. The number of aromatic nitrogens is 2. The molecule has 1 saturated carbocycles. The Labute approximate surface area is 123 Å². The number of carboxylic acids is 1. The van der Waals surface area contributed by atoms with Gasteiger partial charge in [0.1, 0.15) is 10.7 Å². The lowest BCUT2D eigenvalue weighted by Crippen LogP contribution is -2.00. The molecule has 0 unspecified atom stereocenters. The molecule has 0 bridgehead atoms. The van der Waals surface area contributed by atoms with Crippen molar-refractivity contribution >= 4 is 33.5 Å². The average molecular weight is 342 g/mol. The molecule has 0 aliphatic heterocycles. The van der Waals surface area contributed by atoms with Gasteiger partial charge >= 0.3 is 5.97 Å². The highest BCUT2D eigenvalue weighted by molar-refractivity contribution is 9.10. The van der Waals surface area contributed by atoms with Gasteiger partial charge in [-0.25, -0.2) is 9.48 Å². The van der Waals surface area contributed by atoms with E-state index in [2.05, 4.69) is 21.0 Å². The van der Waals surface area contributed by atoms with E-state index in [4.69, 9.17) is 11.6 Å². The van der Waals surface area contributed by atoms with Gasteiger partial charge in [-0.1, -0.05) is 33.6 Å². The van der Waals surface area contributed by atoms with Gasteiger partial charge in [-0.3, -0.25) is 0 Å². The SMILES string of the molecule is O=C(O)c1c(C2CC2)nn(-c2cccc(Br)c2)c1Cl. The summed E-state index contributed by atoms with van der Waals surface area (Å²) in [6, 6.07) is 7.43. The molecule has 3 rings (SSSR count). The quantitative estimate of drug-likeness (QED) is 0.922. The Morgan fingerprint density at radius 2 is 2.21 bits per heavy atom. The lowest BCUT2D eigenvalue weighted by Gasteiger charge is -2.03. The summed E-state index contributed by atoms with van der Waals surface area (Å²) in [7, 11) is 0. The van der Waals surface area contributed by atoms with Crippen molar-refractivity contribution in [3.8, 4) is 5.69 Å². The topological polar surface area (TPSA) is 55.1 Å². The van der Waals surface area contributed by atoms with Crippen LogP contribution in [0.3, 0.4) is 0 Å². The van der Waals surface area contributed by atoms with E-state index in [1.165, 1.54) is 4.68 Å².